The lowest BCUT2D eigenvalue weighted by Gasteiger charge is -2.12. The van der Waals surface area contributed by atoms with Gasteiger partial charge in [0.25, 0.3) is 0 Å². The number of amides is 2. The molecule has 0 radical (unpaired) electrons. The molecule has 0 bridgehead atoms. The monoisotopic (exact) mass is 368 g/mol. The van der Waals surface area contributed by atoms with Gasteiger partial charge in [-0.25, -0.2) is 9.78 Å². The summed E-state index contributed by atoms with van der Waals surface area (Å²) in [4.78, 5) is 20.3. The zero-order valence-corrected chi connectivity index (χ0v) is 15.5. The van der Waals surface area contributed by atoms with Gasteiger partial charge in [-0.2, -0.15) is 0 Å². The van der Waals surface area contributed by atoms with Crippen LogP contribution in [0.3, 0.4) is 0 Å². The van der Waals surface area contributed by atoms with Crippen LogP contribution in [0.2, 0.25) is 0 Å². The lowest BCUT2D eigenvalue weighted by Crippen LogP contribution is -2.33. The van der Waals surface area contributed by atoms with Crippen LogP contribution in [-0.4, -0.2) is 45.8 Å². The molecule has 8 heteroatoms. The number of rotatable bonds is 7. The number of benzene rings is 1. The molecular formula is C19H24N6O2. The number of carbonyl (C=O) groups is 1. The van der Waals surface area contributed by atoms with Crippen LogP contribution in [0.25, 0.3) is 11.0 Å². The predicted octanol–water partition coefficient (Wildman–Crippen LogP) is 2.22. The molecule has 1 aromatic carbocycles. The lowest BCUT2D eigenvalue weighted by molar-refractivity contribution is 0.243. The third-order valence-corrected chi connectivity index (χ3v) is 4.20. The molecule has 2 heterocycles. The second-order valence-electron chi connectivity index (χ2n) is 6.21. The first-order chi connectivity index (χ1) is 13.1. The number of aromatic hydroxyl groups is 1. The molecule has 0 aliphatic carbocycles. The fourth-order valence-electron chi connectivity index (χ4n) is 2.82. The van der Waals surface area contributed by atoms with E-state index in [-0.39, 0.29) is 11.8 Å². The van der Waals surface area contributed by atoms with Gasteiger partial charge in [-0.1, -0.05) is 12.1 Å². The van der Waals surface area contributed by atoms with E-state index in [1.165, 1.54) is 0 Å². The summed E-state index contributed by atoms with van der Waals surface area (Å²) in [6.45, 7) is 3.52. The van der Waals surface area contributed by atoms with Crippen LogP contribution in [0.4, 0.5) is 10.7 Å². The Hall–Kier alpha value is -3.29. The Bertz CT molecular complexity index is 937. The van der Waals surface area contributed by atoms with Crippen molar-refractivity contribution in [1.29, 1.82) is 0 Å². The maximum Gasteiger partial charge on any atom is 0.314 e. The van der Waals surface area contributed by atoms with Crippen LogP contribution >= 0.6 is 0 Å². The quantitative estimate of drug-likeness (QED) is 0.479. The topological polar surface area (TPSA) is 104 Å². The highest BCUT2D eigenvalue weighted by Gasteiger charge is 2.13. The molecule has 0 aliphatic heterocycles. The largest absolute Gasteiger partial charge is 0.506 e. The Kier molecular flexibility index (Phi) is 5.75. The van der Waals surface area contributed by atoms with Crippen molar-refractivity contribution >= 4 is 23.0 Å². The van der Waals surface area contributed by atoms with Gasteiger partial charge in [0.2, 0.25) is 5.95 Å². The van der Waals surface area contributed by atoms with Gasteiger partial charge < -0.3 is 25.6 Å². The molecule has 0 fully saturated rings. The zero-order chi connectivity index (χ0) is 19.2. The summed E-state index contributed by atoms with van der Waals surface area (Å²) in [5.41, 5.74) is 3.28. The summed E-state index contributed by atoms with van der Waals surface area (Å²) in [5, 5.41) is 18.7. The van der Waals surface area contributed by atoms with Gasteiger partial charge in [0.05, 0.1) is 17.6 Å². The minimum absolute atomic E-state index is 0.166. The van der Waals surface area contributed by atoms with Crippen molar-refractivity contribution in [1.82, 2.24) is 25.2 Å². The molecule has 0 saturated heterocycles. The number of imidazole rings is 1. The van der Waals surface area contributed by atoms with Crippen molar-refractivity contribution in [3.63, 3.8) is 0 Å². The number of carbonyl (C=O) groups excluding carboxylic acids is 1. The number of aromatic nitrogens is 3. The van der Waals surface area contributed by atoms with Crippen molar-refractivity contribution in [2.75, 3.05) is 25.5 Å². The molecular weight excluding hydrogens is 344 g/mol. The smallest absolute Gasteiger partial charge is 0.314 e. The summed E-state index contributed by atoms with van der Waals surface area (Å²) < 4.78 is 2.00. The molecule has 4 N–H and O–H groups in total. The van der Waals surface area contributed by atoms with Crippen molar-refractivity contribution < 1.29 is 9.90 Å². The molecule has 0 aliphatic rings. The van der Waals surface area contributed by atoms with E-state index < -0.39 is 0 Å². The van der Waals surface area contributed by atoms with Gasteiger partial charge in [-0.15, -0.1) is 0 Å². The number of pyridine rings is 1. The van der Waals surface area contributed by atoms with Crippen LogP contribution in [0.15, 0.2) is 36.4 Å². The van der Waals surface area contributed by atoms with Crippen molar-refractivity contribution in [3.8, 4) is 5.75 Å². The van der Waals surface area contributed by atoms with Crippen LogP contribution in [0, 0.1) is 6.92 Å². The van der Waals surface area contributed by atoms with Crippen LogP contribution in [-0.2, 0) is 6.54 Å². The number of hydrogen-bond donors (Lipinski definition) is 4. The predicted molar refractivity (Wildman–Crippen MR) is 105 cm³/mol. The molecule has 0 atom stereocenters. The number of anilines is 1. The number of para-hydroxylation sites is 2. The van der Waals surface area contributed by atoms with Crippen LogP contribution < -0.4 is 16.0 Å². The minimum Gasteiger partial charge on any atom is -0.506 e. The maximum atomic E-state index is 11.2. The maximum absolute atomic E-state index is 11.2. The highest BCUT2D eigenvalue weighted by Crippen LogP contribution is 2.23. The standard InChI is InChI=1S/C19H24N6O2/c1-13-8-9-17(26)15(23-13)12-25-16-7-4-3-6-14(16)24-18(25)21-10-5-11-22-19(27)20-2/h3-4,6-9,26H,5,10-12H2,1-2H3,(H,21,24)(H2,20,22,27). The van der Waals surface area contributed by atoms with Gasteiger partial charge in [0.1, 0.15) is 11.4 Å². The van der Waals surface area contributed by atoms with Crippen LogP contribution in [0.5, 0.6) is 5.75 Å². The molecule has 2 amide bonds. The van der Waals surface area contributed by atoms with Crippen molar-refractivity contribution in [3.05, 3.63) is 47.8 Å². The number of fused-ring (bicyclic) bond motifs is 1. The summed E-state index contributed by atoms with van der Waals surface area (Å²) >= 11 is 0. The SMILES string of the molecule is CNC(=O)NCCCNc1nc2ccccc2n1Cc1nc(C)ccc1O. The highest BCUT2D eigenvalue weighted by molar-refractivity contribution is 5.78. The molecule has 27 heavy (non-hydrogen) atoms. The number of hydrogen-bond acceptors (Lipinski definition) is 5. The fourth-order valence-corrected chi connectivity index (χ4v) is 2.82. The Balaban J connectivity index is 1.77. The molecule has 0 saturated carbocycles. The molecule has 3 rings (SSSR count). The second-order valence-corrected chi connectivity index (χ2v) is 6.21. The normalized spacial score (nSPS) is 10.7. The molecule has 0 spiro atoms. The third kappa shape index (κ3) is 4.46. The average molecular weight is 368 g/mol. The molecule has 0 unspecified atom stereocenters. The summed E-state index contributed by atoms with van der Waals surface area (Å²) in [6, 6.07) is 11.1. The first-order valence-electron chi connectivity index (χ1n) is 8.88. The van der Waals surface area contributed by atoms with E-state index in [1.807, 2.05) is 35.8 Å². The zero-order valence-electron chi connectivity index (χ0n) is 15.5. The van der Waals surface area contributed by atoms with E-state index in [9.17, 15) is 9.90 Å². The van der Waals surface area contributed by atoms with E-state index in [2.05, 4.69) is 25.9 Å². The van der Waals surface area contributed by atoms with E-state index in [1.54, 1.807) is 19.2 Å². The van der Waals surface area contributed by atoms with Gasteiger partial charge in [-0.3, -0.25) is 4.98 Å². The number of nitrogens with one attached hydrogen (secondary N) is 3. The summed E-state index contributed by atoms with van der Waals surface area (Å²) in [7, 11) is 1.59. The first kappa shape index (κ1) is 18.5. The third-order valence-electron chi connectivity index (χ3n) is 4.20. The van der Waals surface area contributed by atoms with Crippen molar-refractivity contribution in [2.24, 2.45) is 0 Å². The minimum atomic E-state index is -0.191. The number of nitrogens with zero attached hydrogens (tertiary/aromatic N) is 3. The molecule has 3 aromatic rings. The van der Waals surface area contributed by atoms with E-state index in [0.717, 1.165) is 23.1 Å². The van der Waals surface area contributed by atoms with E-state index >= 15 is 0 Å². The number of urea groups is 1. The summed E-state index contributed by atoms with van der Waals surface area (Å²) in [5.74, 6) is 0.873. The first-order valence-corrected chi connectivity index (χ1v) is 8.88. The van der Waals surface area contributed by atoms with Gasteiger partial charge >= 0.3 is 6.03 Å². The van der Waals surface area contributed by atoms with Crippen molar-refractivity contribution in [2.45, 2.75) is 19.9 Å². The van der Waals surface area contributed by atoms with Gasteiger partial charge in [0.15, 0.2) is 0 Å². The Morgan fingerprint density at radius 1 is 1.15 bits per heavy atom. The Morgan fingerprint density at radius 3 is 2.78 bits per heavy atom. The highest BCUT2D eigenvalue weighted by atomic mass is 16.3. The molecule has 2 aromatic heterocycles. The van der Waals surface area contributed by atoms with E-state index in [0.29, 0.717) is 31.3 Å². The molecule has 142 valence electrons. The Morgan fingerprint density at radius 2 is 1.96 bits per heavy atom. The lowest BCUT2D eigenvalue weighted by atomic mass is 10.2. The Labute approximate surface area is 157 Å². The number of aryl methyl sites for hydroxylation is 1. The second kappa shape index (κ2) is 8.39. The van der Waals surface area contributed by atoms with Gasteiger partial charge in [0, 0.05) is 25.8 Å². The average Bonchev–Trinajstić information content (AvgIpc) is 3.01. The van der Waals surface area contributed by atoms with Crippen LogP contribution in [0.1, 0.15) is 17.8 Å². The fraction of sp³-hybridized carbons (Fsp3) is 0.316. The molecule has 8 nitrogen and oxygen atoms in total. The summed E-state index contributed by atoms with van der Waals surface area (Å²) in [6.07, 6.45) is 0.755. The van der Waals surface area contributed by atoms with Gasteiger partial charge in [-0.05, 0) is 37.6 Å². The van der Waals surface area contributed by atoms with E-state index in [4.69, 9.17) is 0 Å².